The molecule has 1 unspecified atom stereocenters. The number of hydrogen-bond donors (Lipinski definition) is 1. The maximum atomic E-state index is 5.80. The van der Waals surface area contributed by atoms with E-state index in [1.807, 2.05) is 0 Å². The Morgan fingerprint density at radius 1 is 1.23 bits per heavy atom. The van der Waals surface area contributed by atoms with Crippen molar-refractivity contribution in [2.75, 3.05) is 19.9 Å². The smallest absolute Gasteiger partial charge is 0.0971 e. The van der Waals surface area contributed by atoms with Gasteiger partial charge in [-0.15, -0.1) is 0 Å². The first-order valence-electron chi connectivity index (χ1n) is 5.39. The van der Waals surface area contributed by atoms with Gasteiger partial charge in [-0.2, -0.15) is 0 Å². The summed E-state index contributed by atoms with van der Waals surface area (Å²) in [7, 11) is 0. The van der Waals surface area contributed by atoms with Gasteiger partial charge in [-0.3, -0.25) is 5.32 Å². The fourth-order valence-corrected chi connectivity index (χ4v) is 2.04. The van der Waals surface area contributed by atoms with Crippen molar-refractivity contribution in [1.82, 2.24) is 5.32 Å². The summed E-state index contributed by atoms with van der Waals surface area (Å²) >= 11 is 0. The van der Waals surface area contributed by atoms with Crippen LogP contribution >= 0.6 is 0 Å². The van der Waals surface area contributed by atoms with E-state index in [0.717, 1.165) is 13.2 Å². The Morgan fingerprint density at radius 3 is 2.77 bits per heavy atom. The molecule has 0 aromatic carbocycles. The van der Waals surface area contributed by atoms with Gasteiger partial charge in [-0.1, -0.05) is 19.3 Å². The van der Waals surface area contributed by atoms with Crippen LogP contribution < -0.4 is 5.32 Å². The van der Waals surface area contributed by atoms with Gasteiger partial charge in [0.15, 0.2) is 0 Å². The SMILES string of the molecule is C1CCC(OCC2CNCO2)CC1. The van der Waals surface area contributed by atoms with E-state index in [1.54, 1.807) is 0 Å². The van der Waals surface area contributed by atoms with Gasteiger partial charge >= 0.3 is 0 Å². The van der Waals surface area contributed by atoms with Gasteiger partial charge in [-0.05, 0) is 12.8 Å². The van der Waals surface area contributed by atoms with Gasteiger partial charge in [0.25, 0.3) is 0 Å². The highest BCUT2D eigenvalue weighted by molar-refractivity contribution is 4.69. The average Bonchev–Trinajstić information content (AvgIpc) is 2.69. The maximum Gasteiger partial charge on any atom is 0.0971 e. The Bertz CT molecular complexity index is 140. The molecular weight excluding hydrogens is 166 g/mol. The molecule has 1 N–H and O–H groups in total. The minimum atomic E-state index is 0.293. The van der Waals surface area contributed by atoms with Crippen molar-refractivity contribution < 1.29 is 9.47 Å². The van der Waals surface area contributed by atoms with Crippen LogP contribution in [0.1, 0.15) is 32.1 Å². The van der Waals surface area contributed by atoms with E-state index >= 15 is 0 Å². The molecule has 0 bridgehead atoms. The summed E-state index contributed by atoms with van der Waals surface area (Å²) in [5.41, 5.74) is 0. The minimum absolute atomic E-state index is 0.293. The lowest BCUT2D eigenvalue weighted by molar-refractivity contribution is -0.0296. The quantitative estimate of drug-likeness (QED) is 0.718. The summed E-state index contributed by atoms with van der Waals surface area (Å²) in [6.45, 7) is 2.42. The molecule has 1 atom stereocenters. The van der Waals surface area contributed by atoms with Crippen molar-refractivity contribution in [2.45, 2.75) is 44.3 Å². The lowest BCUT2D eigenvalue weighted by atomic mass is 9.98. The molecule has 76 valence electrons. The third-order valence-corrected chi connectivity index (χ3v) is 2.86. The maximum absolute atomic E-state index is 5.80. The Labute approximate surface area is 79.8 Å². The highest BCUT2D eigenvalue weighted by atomic mass is 16.5. The molecule has 3 nitrogen and oxygen atoms in total. The van der Waals surface area contributed by atoms with Crippen LogP contribution in [0, 0.1) is 0 Å². The number of rotatable bonds is 3. The zero-order valence-electron chi connectivity index (χ0n) is 8.13. The predicted octanol–water partition coefficient (Wildman–Crippen LogP) is 1.28. The summed E-state index contributed by atoms with van der Waals surface area (Å²) in [5.74, 6) is 0. The summed E-state index contributed by atoms with van der Waals surface area (Å²) in [5, 5.41) is 3.16. The Kier molecular flexibility index (Phi) is 3.58. The van der Waals surface area contributed by atoms with Crippen molar-refractivity contribution in [1.29, 1.82) is 0 Å². The normalized spacial score (nSPS) is 30.9. The number of hydrogen-bond acceptors (Lipinski definition) is 3. The van der Waals surface area contributed by atoms with Crippen LogP contribution in [-0.4, -0.2) is 32.1 Å². The Hall–Kier alpha value is -0.120. The number of nitrogens with one attached hydrogen (secondary N) is 1. The van der Waals surface area contributed by atoms with E-state index in [1.165, 1.54) is 32.1 Å². The van der Waals surface area contributed by atoms with E-state index in [9.17, 15) is 0 Å². The van der Waals surface area contributed by atoms with Gasteiger partial charge in [0, 0.05) is 6.54 Å². The molecule has 0 amide bonds. The van der Waals surface area contributed by atoms with Gasteiger partial charge in [0.05, 0.1) is 25.5 Å². The predicted molar refractivity (Wildman–Crippen MR) is 50.6 cm³/mol. The fraction of sp³-hybridized carbons (Fsp3) is 1.00. The molecule has 0 aromatic heterocycles. The van der Waals surface area contributed by atoms with Gasteiger partial charge in [0.1, 0.15) is 0 Å². The second-order valence-corrected chi connectivity index (χ2v) is 3.98. The lowest BCUT2D eigenvalue weighted by Crippen LogP contribution is -2.25. The van der Waals surface area contributed by atoms with Crippen molar-refractivity contribution in [2.24, 2.45) is 0 Å². The highest BCUT2D eigenvalue weighted by Crippen LogP contribution is 2.20. The van der Waals surface area contributed by atoms with Crippen molar-refractivity contribution in [3.8, 4) is 0 Å². The molecule has 0 spiro atoms. The third-order valence-electron chi connectivity index (χ3n) is 2.86. The van der Waals surface area contributed by atoms with Crippen molar-refractivity contribution in [3.63, 3.8) is 0 Å². The first-order chi connectivity index (χ1) is 6.45. The Morgan fingerprint density at radius 2 is 2.08 bits per heavy atom. The minimum Gasteiger partial charge on any atom is -0.375 e. The first-order valence-corrected chi connectivity index (χ1v) is 5.39. The molecule has 2 rings (SSSR count). The van der Waals surface area contributed by atoms with E-state index in [-0.39, 0.29) is 0 Å². The molecule has 1 aliphatic heterocycles. The molecule has 0 radical (unpaired) electrons. The monoisotopic (exact) mass is 185 g/mol. The second-order valence-electron chi connectivity index (χ2n) is 3.98. The lowest BCUT2D eigenvalue weighted by Gasteiger charge is -2.23. The summed E-state index contributed by atoms with van der Waals surface area (Å²) in [6, 6.07) is 0. The van der Waals surface area contributed by atoms with Crippen molar-refractivity contribution >= 4 is 0 Å². The summed E-state index contributed by atoms with van der Waals surface area (Å²) in [6.07, 6.45) is 7.38. The second kappa shape index (κ2) is 4.94. The van der Waals surface area contributed by atoms with Crippen LogP contribution in [0.25, 0.3) is 0 Å². The van der Waals surface area contributed by atoms with Crippen LogP contribution in [0.5, 0.6) is 0 Å². The molecule has 2 aliphatic rings. The van der Waals surface area contributed by atoms with E-state index < -0.39 is 0 Å². The van der Waals surface area contributed by atoms with E-state index in [4.69, 9.17) is 9.47 Å². The highest BCUT2D eigenvalue weighted by Gasteiger charge is 2.19. The van der Waals surface area contributed by atoms with E-state index in [2.05, 4.69) is 5.32 Å². The van der Waals surface area contributed by atoms with Crippen LogP contribution in [-0.2, 0) is 9.47 Å². The number of ether oxygens (including phenoxy) is 2. The third kappa shape index (κ3) is 2.93. The van der Waals surface area contributed by atoms with Crippen LogP contribution in [0.15, 0.2) is 0 Å². The van der Waals surface area contributed by atoms with Gasteiger partial charge in [-0.25, -0.2) is 0 Å². The topological polar surface area (TPSA) is 30.5 Å². The molecule has 1 saturated carbocycles. The molecule has 1 heterocycles. The molecule has 3 heteroatoms. The zero-order chi connectivity index (χ0) is 8.93. The van der Waals surface area contributed by atoms with Crippen molar-refractivity contribution in [3.05, 3.63) is 0 Å². The molecule has 0 aromatic rings. The molecule has 2 fully saturated rings. The van der Waals surface area contributed by atoms with Gasteiger partial charge < -0.3 is 9.47 Å². The summed E-state index contributed by atoms with van der Waals surface area (Å²) < 4.78 is 11.2. The Balaban J connectivity index is 1.60. The van der Waals surface area contributed by atoms with Gasteiger partial charge in [0.2, 0.25) is 0 Å². The molecular formula is C10H19NO2. The van der Waals surface area contributed by atoms with Crippen LogP contribution in [0.4, 0.5) is 0 Å². The fourth-order valence-electron chi connectivity index (χ4n) is 2.04. The average molecular weight is 185 g/mol. The molecule has 13 heavy (non-hydrogen) atoms. The van der Waals surface area contributed by atoms with E-state index in [0.29, 0.717) is 18.9 Å². The van der Waals surface area contributed by atoms with Crippen LogP contribution in [0.2, 0.25) is 0 Å². The molecule has 1 saturated heterocycles. The zero-order valence-corrected chi connectivity index (χ0v) is 8.13. The summed E-state index contributed by atoms with van der Waals surface area (Å²) in [4.78, 5) is 0. The van der Waals surface area contributed by atoms with Crippen LogP contribution in [0.3, 0.4) is 0 Å². The largest absolute Gasteiger partial charge is 0.375 e. The molecule has 1 aliphatic carbocycles. The first kappa shape index (κ1) is 9.44. The standard InChI is InChI=1S/C10H19NO2/c1-2-4-9(5-3-1)12-7-10-6-11-8-13-10/h9-11H,1-8H2.